The van der Waals surface area contributed by atoms with E-state index in [9.17, 15) is 4.79 Å². The summed E-state index contributed by atoms with van der Waals surface area (Å²) >= 11 is 0. The van der Waals surface area contributed by atoms with Crippen molar-refractivity contribution in [3.05, 3.63) is 30.3 Å². The smallest absolute Gasteiger partial charge is 0.410 e. The third-order valence-electron chi connectivity index (χ3n) is 3.23. The van der Waals surface area contributed by atoms with E-state index in [2.05, 4.69) is 5.92 Å². The molecule has 3 nitrogen and oxygen atoms in total. The molecule has 3 heteroatoms. The minimum Gasteiger partial charge on any atom is -0.410 e. The third kappa shape index (κ3) is 3.27. The summed E-state index contributed by atoms with van der Waals surface area (Å²) in [6.45, 7) is 1.47. The van der Waals surface area contributed by atoms with E-state index >= 15 is 0 Å². The number of amides is 1. The number of para-hydroxylation sites is 1. The van der Waals surface area contributed by atoms with Crippen LogP contribution in [-0.2, 0) is 0 Å². The Kier molecular flexibility index (Phi) is 4.25. The molecule has 1 saturated heterocycles. The zero-order chi connectivity index (χ0) is 12.8. The van der Waals surface area contributed by atoms with Crippen LogP contribution in [0.4, 0.5) is 4.79 Å². The molecule has 0 unspecified atom stereocenters. The monoisotopic (exact) mass is 243 g/mol. The molecule has 0 saturated carbocycles. The maximum atomic E-state index is 11.9. The largest absolute Gasteiger partial charge is 0.415 e. The predicted molar refractivity (Wildman–Crippen MR) is 70.2 cm³/mol. The fourth-order valence-corrected chi connectivity index (χ4v) is 2.14. The lowest BCUT2D eigenvalue weighted by atomic mass is 9.94. The first-order valence-electron chi connectivity index (χ1n) is 6.25. The predicted octanol–water partition coefficient (Wildman–Crippen LogP) is 2.92. The molecule has 0 aromatic heterocycles. The molecule has 0 radical (unpaired) electrons. The van der Waals surface area contributed by atoms with Crippen molar-refractivity contribution in [3.63, 3.8) is 0 Å². The van der Waals surface area contributed by atoms with E-state index in [0.29, 0.717) is 11.7 Å². The summed E-state index contributed by atoms with van der Waals surface area (Å²) in [5, 5.41) is 0. The van der Waals surface area contributed by atoms with Gasteiger partial charge in [0.1, 0.15) is 5.75 Å². The van der Waals surface area contributed by atoms with Gasteiger partial charge >= 0.3 is 6.09 Å². The first-order chi connectivity index (χ1) is 8.79. The number of terminal acetylenes is 1. The fraction of sp³-hybridized carbons (Fsp3) is 0.400. The van der Waals surface area contributed by atoms with Crippen LogP contribution in [0.5, 0.6) is 5.75 Å². The standard InChI is InChI=1S/C15H17NO2/c1-2-6-13-9-11-16(12-10-13)15(17)18-14-7-4-3-5-8-14/h1,3-5,7-8,13H,6,9-12H2. The fourth-order valence-electron chi connectivity index (χ4n) is 2.14. The summed E-state index contributed by atoms with van der Waals surface area (Å²) in [6, 6.07) is 9.15. The zero-order valence-electron chi connectivity index (χ0n) is 10.3. The molecule has 1 aliphatic rings. The molecule has 0 N–H and O–H groups in total. The Labute approximate surface area is 108 Å². The van der Waals surface area contributed by atoms with Gasteiger partial charge < -0.3 is 9.64 Å². The van der Waals surface area contributed by atoms with Crippen LogP contribution in [0.15, 0.2) is 30.3 Å². The molecule has 1 aromatic carbocycles. The SMILES string of the molecule is C#CCC1CCN(C(=O)Oc2ccccc2)CC1. The number of benzene rings is 1. The second-order valence-electron chi connectivity index (χ2n) is 4.52. The Morgan fingerprint density at radius 2 is 2.00 bits per heavy atom. The van der Waals surface area contributed by atoms with Gasteiger partial charge in [0.15, 0.2) is 0 Å². The van der Waals surface area contributed by atoms with Gasteiger partial charge in [-0.05, 0) is 30.9 Å². The topological polar surface area (TPSA) is 29.5 Å². The second-order valence-corrected chi connectivity index (χ2v) is 4.52. The number of ether oxygens (including phenoxy) is 1. The van der Waals surface area contributed by atoms with Crippen molar-refractivity contribution in [2.75, 3.05) is 13.1 Å². The van der Waals surface area contributed by atoms with E-state index in [0.717, 1.165) is 32.4 Å². The Hall–Kier alpha value is -1.95. The molecule has 94 valence electrons. The number of nitrogens with zero attached hydrogens (tertiary/aromatic N) is 1. The summed E-state index contributed by atoms with van der Waals surface area (Å²) in [7, 11) is 0. The summed E-state index contributed by atoms with van der Waals surface area (Å²) in [5.74, 6) is 3.83. The van der Waals surface area contributed by atoms with Gasteiger partial charge in [-0.25, -0.2) is 4.79 Å². The van der Waals surface area contributed by atoms with Crippen LogP contribution in [0, 0.1) is 18.3 Å². The molecule has 0 aliphatic carbocycles. The molecule has 1 aliphatic heterocycles. The van der Waals surface area contributed by atoms with Crippen molar-refractivity contribution in [1.82, 2.24) is 4.90 Å². The van der Waals surface area contributed by atoms with Crippen LogP contribution >= 0.6 is 0 Å². The molecular weight excluding hydrogens is 226 g/mol. The lowest BCUT2D eigenvalue weighted by Crippen LogP contribution is -2.40. The molecule has 2 rings (SSSR count). The molecule has 0 atom stereocenters. The average Bonchev–Trinajstić information content (AvgIpc) is 2.41. The Morgan fingerprint density at radius 1 is 1.33 bits per heavy atom. The molecule has 1 aromatic rings. The highest BCUT2D eigenvalue weighted by atomic mass is 16.6. The number of hydrogen-bond acceptors (Lipinski definition) is 2. The van der Waals surface area contributed by atoms with E-state index in [4.69, 9.17) is 11.2 Å². The van der Waals surface area contributed by atoms with Gasteiger partial charge in [0.05, 0.1) is 0 Å². The maximum Gasteiger partial charge on any atom is 0.415 e. The Bertz CT molecular complexity index is 428. The minimum atomic E-state index is -0.264. The summed E-state index contributed by atoms with van der Waals surface area (Å²) in [4.78, 5) is 13.6. The van der Waals surface area contributed by atoms with Crippen molar-refractivity contribution in [2.45, 2.75) is 19.3 Å². The maximum absolute atomic E-state index is 11.9. The molecule has 0 bridgehead atoms. The number of rotatable bonds is 2. The van der Waals surface area contributed by atoms with Gasteiger partial charge in [0.2, 0.25) is 0 Å². The van der Waals surface area contributed by atoms with Crippen LogP contribution in [0.2, 0.25) is 0 Å². The molecule has 1 fully saturated rings. The zero-order valence-corrected chi connectivity index (χ0v) is 10.3. The van der Waals surface area contributed by atoms with Gasteiger partial charge in [0, 0.05) is 19.5 Å². The van der Waals surface area contributed by atoms with Crippen LogP contribution < -0.4 is 4.74 Å². The highest BCUT2D eigenvalue weighted by molar-refractivity contribution is 5.70. The quantitative estimate of drug-likeness (QED) is 0.747. The van der Waals surface area contributed by atoms with Gasteiger partial charge in [-0.15, -0.1) is 12.3 Å². The van der Waals surface area contributed by atoms with Crippen molar-refractivity contribution >= 4 is 6.09 Å². The van der Waals surface area contributed by atoms with Crippen LogP contribution in [-0.4, -0.2) is 24.1 Å². The third-order valence-corrected chi connectivity index (χ3v) is 3.23. The van der Waals surface area contributed by atoms with Crippen molar-refractivity contribution < 1.29 is 9.53 Å². The van der Waals surface area contributed by atoms with Crippen LogP contribution in [0.25, 0.3) is 0 Å². The molecule has 1 heterocycles. The van der Waals surface area contributed by atoms with Crippen LogP contribution in [0.1, 0.15) is 19.3 Å². The normalized spacial score (nSPS) is 16.1. The lowest BCUT2D eigenvalue weighted by molar-refractivity contribution is 0.131. The number of carbonyl (C=O) groups excluding carboxylic acids is 1. The van der Waals surface area contributed by atoms with E-state index in [-0.39, 0.29) is 6.09 Å². The molecule has 1 amide bonds. The number of hydrogen-bond donors (Lipinski definition) is 0. The van der Waals surface area contributed by atoms with Crippen LogP contribution in [0.3, 0.4) is 0 Å². The number of carbonyl (C=O) groups is 1. The number of likely N-dealkylation sites (tertiary alicyclic amines) is 1. The summed E-state index contributed by atoms with van der Waals surface area (Å²) < 4.78 is 5.30. The summed E-state index contributed by atoms with van der Waals surface area (Å²) in [5.41, 5.74) is 0. The Balaban J connectivity index is 1.83. The molecule has 18 heavy (non-hydrogen) atoms. The average molecular weight is 243 g/mol. The highest BCUT2D eigenvalue weighted by Crippen LogP contribution is 2.21. The van der Waals surface area contributed by atoms with Crippen molar-refractivity contribution in [3.8, 4) is 18.1 Å². The minimum absolute atomic E-state index is 0.264. The van der Waals surface area contributed by atoms with Gasteiger partial charge in [-0.2, -0.15) is 0 Å². The first kappa shape index (κ1) is 12.5. The number of piperidine rings is 1. The lowest BCUT2D eigenvalue weighted by Gasteiger charge is -2.30. The van der Waals surface area contributed by atoms with Gasteiger partial charge in [-0.1, -0.05) is 18.2 Å². The first-order valence-corrected chi connectivity index (χ1v) is 6.25. The van der Waals surface area contributed by atoms with Crippen molar-refractivity contribution in [2.24, 2.45) is 5.92 Å². The van der Waals surface area contributed by atoms with Gasteiger partial charge in [-0.3, -0.25) is 0 Å². The summed E-state index contributed by atoms with van der Waals surface area (Å²) in [6.07, 6.45) is 7.78. The highest BCUT2D eigenvalue weighted by Gasteiger charge is 2.23. The molecule has 0 spiro atoms. The van der Waals surface area contributed by atoms with E-state index in [1.54, 1.807) is 17.0 Å². The van der Waals surface area contributed by atoms with E-state index < -0.39 is 0 Å². The van der Waals surface area contributed by atoms with E-state index in [1.807, 2.05) is 18.2 Å². The van der Waals surface area contributed by atoms with E-state index in [1.165, 1.54) is 0 Å². The van der Waals surface area contributed by atoms with Gasteiger partial charge in [0.25, 0.3) is 0 Å². The van der Waals surface area contributed by atoms with Crippen molar-refractivity contribution in [1.29, 1.82) is 0 Å². The Morgan fingerprint density at radius 3 is 2.61 bits per heavy atom. The second kappa shape index (κ2) is 6.11. The molecular formula is C15H17NO2.